The zero-order valence-electron chi connectivity index (χ0n) is 10.8. The molecule has 3 rings (SSSR count). The number of benzene rings is 1. The number of nitrogens with one attached hydrogen (secondary N) is 4. The van der Waals surface area contributed by atoms with E-state index in [0.717, 1.165) is 30.3 Å². The van der Waals surface area contributed by atoms with E-state index in [1.165, 1.54) is 0 Å². The van der Waals surface area contributed by atoms with Crippen LogP contribution in [-0.4, -0.2) is 28.5 Å². The molecule has 0 unspecified atom stereocenters. The highest BCUT2D eigenvalue weighted by Gasteiger charge is 2.21. The van der Waals surface area contributed by atoms with Crippen molar-refractivity contribution >= 4 is 38.6 Å². The first kappa shape index (κ1) is 13.4. The van der Waals surface area contributed by atoms with Crippen molar-refractivity contribution < 1.29 is 4.79 Å². The maximum atomic E-state index is 12.2. The van der Waals surface area contributed by atoms with Gasteiger partial charge in [-0.1, -0.05) is 6.42 Å². The Kier molecular flexibility index (Phi) is 3.62. The van der Waals surface area contributed by atoms with E-state index in [1.54, 1.807) is 12.1 Å². The van der Waals surface area contributed by atoms with E-state index in [-0.39, 0.29) is 17.6 Å². The topological polar surface area (TPSA) is 89.8 Å². The summed E-state index contributed by atoms with van der Waals surface area (Å²) in [5.41, 5.74) is 1.77. The van der Waals surface area contributed by atoms with Crippen molar-refractivity contribution in [1.82, 2.24) is 15.3 Å². The standard InChI is InChI=1S/C13H15BrN4O2/c14-7-5-10-11(18-13(20)17-10)6-9(7)16-12(19)8-3-1-2-4-15-8/h5-6,8,15H,1-4H2,(H,16,19)(H2,17,18,20)/t8-/m1/s1. The Balaban J connectivity index is 1.84. The van der Waals surface area contributed by atoms with E-state index in [2.05, 4.69) is 36.5 Å². The molecule has 0 radical (unpaired) electrons. The largest absolute Gasteiger partial charge is 0.324 e. The second-order valence-corrected chi connectivity index (χ2v) is 5.80. The van der Waals surface area contributed by atoms with Gasteiger partial charge in [0.1, 0.15) is 0 Å². The van der Waals surface area contributed by atoms with Crippen LogP contribution in [0.2, 0.25) is 0 Å². The highest BCUT2D eigenvalue weighted by molar-refractivity contribution is 9.10. The van der Waals surface area contributed by atoms with Gasteiger partial charge >= 0.3 is 5.69 Å². The van der Waals surface area contributed by atoms with Crippen molar-refractivity contribution in [2.45, 2.75) is 25.3 Å². The van der Waals surface area contributed by atoms with Crippen LogP contribution < -0.4 is 16.3 Å². The van der Waals surface area contributed by atoms with Gasteiger partial charge in [-0.2, -0.15) is 0 Å². The lowest BCUT2D eigenvalue weighted by Gasteiger charge is -2.22. The summed E-state index contributed by atoms with van der Waals surface area (Å²) in [4.78, 5) is 28.8. The molecule has 0 bridgehead atoms. The zero-order valence-corrected chi connectivity index (χ0v) is 12.3. The normalized spacial score (nSPS) is 19.1. The second kappa shape index (κ2) is 5.41. The summed E-state index contributed by atoms with van der Waals surface area (Å²) >= 11 is 3.41. The summed E-state index contributed by atoms with van der Waals surface area (Å²) in [5.74, 6) is -0.0392. The Morgan fingerprint density at radius 3 is 2.70 bits per heavy atom. The van der Waals surface area contributed by atoms with Crippen molar-refractivity contribution in [3.05, 3.63) is 27.1 Å². The van der Waals surface area contributed by atoms with Gasteiger partial charge in [0.2, 0.25) is 5.91 Å². The van der Waals surface area contributed by atoms with Crippen molar-refractivity contribution in [3.63, 3.8) is 0 Å². The Labute approximate surface area is 123 Å². The van der Waals surface area contributed by atoms with Crippen LogP contribution >= 0.6 is 15.9 Å². The molecule has 1 aromatic heterocycles. The van der Waals surface area contributed by atoms with Crippen LogP contribution in [0.4, 0.5) is 5.69 Å². The van der Waals surface area contributed by atoms with Gasteiger partial charge in [0.25, 0.3) is 0 Å². The number of carbonyl (C=O) groups is 1. The molecular formula is C13H15BrN4O2. The van der Waals surface area contributed by atoms with Crippen molar-refractivity contribution in [2.75, 3.05) is 11.9 Å². The van der Waals surface area contributed by atoms with Crippen molar-refractivity contribution in [2.24, 2.45) is 0 Å². The van der Waals surface area contributed by atoms with Crippen LogP contribution in [0.1, 0.15) is 19.3 Å². The monoisotopic (exact) mass is 338 g/mol. The summed E-state index contributed by atoms with van der Waals surface area (Å²) in [6.07, 6.45) is 3.03. The maximum absolute atomic E-state index is 12.2. The molecule has 0 aliphatic carbocycles. The molecule has 4 N–H and O–H groups in total. The van der Waals surface area contributed by atoms with Crippen LogP contribution in [-0.2, 0) is 4.79 Å². The first-order chi connectivity index (χ1) is 9.63. The Hall–Kier alpha value is -1.60. The average Bonchev–Trinajstić information content (AvgIpc) is 2.79. The molecule has 0 spiro atoms. The Morgan fingerprint density at radius 1 is 1.25 bits per heavy atom. The van der Waals surface area contributed by atoms with Gasteiger partial charge in [-0.25, -0.2) is 4.79 Å². The summed E-state index contributed by atoms with van der Waals surface area (Å²) in [6, 6.07) is 3.38. The third kappa shape index (κ3) is 2.64. The average molecular weight is 339 g/mol. The van der Waals surface area contributed by atoms with Crippen LogP contribution in [0, 0.1) is 0 Å². The number of aromatic amines is 2. The molecule has 7 heteroatoms. The van der Waals surface area contributed by atoms with E-state index < -0.39 is 0 Å². The third-order valence-corrected chi connectivity index (χ3v) is 4.14. The number of H-pyrrole nitrogens is 2. The molecule has 1 amide bonds. The number of piperidine rings is 1. The fourth-order valence-electron chi connectivity index (χ4n) is 2.45. The number of halogens is 1. The SMILES string of the molecule is O=C(Nc1cc2[nH]c(=O)[nH]c2cc1Br)[C@H]1CCCCN1. The minimum absolute atomic E-state index is 0.0392. The quantitative estimate of drug-likeness (QED) is 0.671. The molecule has 106 valence electrons. The van der Waals surface area contributed by atoms with Gasteiger partial charge in [-0.3, -0.25) is 4.79 Å². The fraction of sp³-hybridized carbons (Fsp3) is 0.385. The number of rotatable bonds is 2. The molecule has 2 aromatic rings. The molecule has 1 fully saturated rings. The van der Waals surface area contributed by atoms with Gasteiger partial charge < -0.3 is 20.6 Å². The molecule has 6 nitrogen and oxygen atoms in total. The van der Waals surface area contributed by atoms with Gasteiger partial charge in [-0.15, -0.1) is 0 Å². The molecule has 2 heterocycles. The van der Waals surface area contributed by atoms with Gasteiger partial charge in [0.05, 0.1) is 22.8 Å². The van der Waals surface area contributed by atoms with E-state index in [1.807, 2.05) is 0 Å². The molecule has 0 saturated carbocycles. The van der Waals surface area contributed by atoms with Gasteiger partial charge in [-0.05, 0) is 47.4 Å². The number of amides is 1. The van der Waals surface area contributed by atoms with Crippen molar-refractivity contribution in [1.29, 1.82) is 0 Å². The highest BCUT2D eigenvalue weighted by Crippen LogP contribution is 2.26. The van der Waals surface area contributed by atoms with E-state index in [0.29, 0.717) is 16.7 Å². The summed E-state index contributed by atoms with van der Waals surface area (Å²) in [5, 5.41) is 6.11. The molecule has 1 saturated heterocycles. The van der Waals surface area contributed by atoms with E-state index >= 15 is 0 Å². The lowest BCUT2D eigenvalue weighted by atomic mass is 10.0. The predicted octanol–water partition coefficient (Wildman–Crippen LogP) is 1.70. The smallest absolute Gasteiger partial charge is 0.323 e. The number of hydrogen-bond acceptors (Lipinski definition) is 3. The molecule has 20 heavy (non-hydrogen) atoms. The number of anilines is 1. The molecule has 1 aromatic carbocycles. The lowest BCUT2D eigenvalue weighted by Crippen LogP contribution is -2.43. The summed E-state index contributed by atoms with van der Waals surface area (Å²) < 4.78 is 0.740. The minimum Gasteiger partial charge on any atom is -0.324 e. The number of imidazole rings is 1. The molecule has 1 aliphatic heterocycles. The second-order valence-electron chi connectivity index (χ2n) is 4.95. The third-order valence-electron chi connectivity index (χ3n) is 3.49. The first-order valence-electron chi connectivity index (χ1n) is 6.59. The van der Waals surface area contributed by atoms with Crippen LogP contribution in [0.5, 0.6) is 0 Å². The molecule has 1 atom stereocenters. The minimum atomic E-state index is -0.260. The van der Waals surface area contributed by atoms with Crippen LogP contribution in [0.3, 0.4) is 0 Å². The summed E-state index contributed by atoms with van der Waals surface area (Å²) in [7, 11) is 0. The fourth-order valence-corrected chi connectivity index (χ4v) is 2.89. The van der Waals surface area contributed by atoms with Crippen LogP contribution in [0.15, 0.2) is 21.4 Å². The Morgan fingerprint density at radius 2 is 2.00 bits per heavy atom. The predicted molar refractivity (Wildman–Crippen MR) is 80.9 cm³/mol. The first-order valence-corrected chi connectivity index (χ1v) is 7.38. The van der Waals surface area contributed by atoms with Gasteiger partial charge in [0, 0.05) is 4.47 Å². The molecule has 1 aliphatic rings. The number of fused-ring (bicyclic) bond motifs is 1. The highest BCUT2D eigenvalue weighted by atomic mass is 79.9. The maximum Gasteiger partial charge on any atom is 0.323 e. The zero-order chi connectivity index (χ0) is 14.1. The lowest BCUT2D eigenvalue weighted by molar-refractivity contribution is -0.118. The van der Waals surface area contributed by atoms with E-state index in [4.69, 9.17) is 0 Å². The van der Waals surface area contributed by atoms with Gasteiger partial charge in [0.15, 0.2) is 0 Å². The van der Waals surface area contributed by atoms with Crippen LogP contribution in [0.25, 0.3) is 11.0 Å². The van der Waals surface area contributed by atoms with E-state index in [9.17, 15) is 9.59 Å². The molecular weight excluding hydrogens is 324 g/mol. The number of carbonyl (C=O) groups excluding carboxylic acids is 1. The number of hydrogen-bond donors (Lipinski definition) is 4. The summed E-state index contributed by atoms with van der Waals surface area (Å²) in [6.45, 7) is 0.878. The van der Waals surface area contributed by atoms with Crippen molar-refractivity contribution in [3.8, 4) is 0 Å². The Bertz CT molecular complexity index is 700. The number of aromatic nitrogens is 2.